The molecule has 2 rings (SSSR count). The van der Waals surface area contributed by atoms with Crippen LogP contribution in [0.4, 0.5) is 0 Å². The molecule has 1 amide bonds. The van der Waals surface area contributed by atoms with E-state index in [1.807, 2.05) is 6.92 Å². The summed E-state index contributed by atoms with van der Waals surface area (Å²) in [6.07, 6.45) is 4.54. The van der Waals surface area contributed by atoms with Crippen molar-refractivity contribution in [3.63, 3.8) is 0 Å². The van der Waals surface area contributed by atoms with E-state index in [0.717, 1.165) is 12.8 Å². The zero-order valence-corrected chi connectivity index (χ0v) is 9.98. The van der Waals surface area contributed by atoms with E-state index in [4.69, 9.17) is 5.73 Å². The monoisotopic (exact) mass is 226 g/mol. The molecule has 2 aliphatic rings. The topological polar surface area (TPSA) is 66.6 Å². The molecule has 1 heterocycles. The second-order valence-corrected chi connectivity index (χ2v) is 5.43. The fourth-order valence-electron chi connectivity index (χ4n) is 2.49. The second kappa shape index (κ2) is 4.34. The zero-order chi connectivity index (χ0) is 11.8. The molecule has 1 atom stereocenters. The smallest absolute Gasteiger partial charge is 0.224 e. The molecular weight excluding hydrogens is 204 g/mol. The number of β-amino-alcohol motifs (C(OH)–C–C–N with tert-alkyl or cyclic N) is 1. The summed E-state index contributed by atoms with van der Waals surface area (Å²) in [6.45, 7) is 3.04. The average molecular weight is 226 g/mol. The number of rotatable bonds is 5. The number of carbonyl (C=O) groups excluding carboxylic acids is 1. The van der Waals surface area contributed by atoms with Crippen molar-refractivity contribution in [2.24, 2.45) is 11.7 Å². The number of carbonyl (C=O) groups is 1. The van der Waals surface area contributed by atoms with E-state index in [1.54, 1.807) is 4.90 Å². The van der Waals surface area contributed by atoms with E-state index in [2.05, 4.69) is 0 Å². The highest BCUT2D eigenvalue weighted by atomic mass is 16.3. The summed E-state index contributed by atoms with van der Waals surface area (Å²) >= 11 is 0. The number of aliphatic hydroxyl groups is 1. The van der Waals surface area contributed by atoms with Gasteiger partial charge in [-0.1, -0.05) is 13.3 Å². The first-order chi connectivity index (χ1) is 7.54. The van der Waals surface area contributed by atoms with Gasteiger partial charge in [-0.15, -0.1) is 0 Å². The van der Waals surface area contributed by atoms with Crippen molar-refractivity contribution in [2.75, 3.05) is 13.1 Å². The van der Waals surface area contributed by atoms with Gasteiger partial charge in [0.1, 0.15) is 0 Å². The minimum atomic E-state index is -0.617. The summed E-state index contributed by atoms with van der Waals surface area (Å²) in [6, 6.07) is 0.0346. The van der Waals surface area contributed by atoms with E-state index < -0.39 is 5.60 Å². The maximum Gasteiger partial charge on any atom is 0.224 e. The largest absolute Gasteiger partial charge is 0.386 e. The molecule has 1 saturated heterocycles. The number of likely N-dealkylation sites (tertiary alicyclic amines) is 1. The first-order valence-electron chi connectivity index (χ1n) is 6.30. The number of amides is 1. The van der Waals surface area contributed by atoms with E-state index in [9.17, 15) is 9.90 Å². The van der Waals surface area contributed by atoms with Crippen LogP contribution >= 0.6 is 0 Å². The van der Waals surface area contributed by atoms with E-state index >= 15 is 0 Å². The van der Waals surface area contributed by atoms with Gasteiger partial charge in [0, 0.05) is 12.5 Å². The van der Waals surface area contributed by atoms with Crippen LogP contribution in [0.2, 0.25) is 0 Å². The Kier molecular flexibility index (Phi) is 3.22. The quantitative estimate of drug-likeness (QED) is 0.717. The molecule has 1 saturated carbocycles. The molecule has 1 aliphatic heterocycles. The van der Waals surface area contributed by atoms with Gasteiger partial charge in [0.05, 0.1) is 18.7 Å². The van der Waals surface area contributed by atoms with Crippen LogP contribution in [0.1, 0.15) is 39.0 Å². The van der Waals surface area contributed by atoms with Crippen molar-refractivity contribution >= 4 is 5.91 Å². The van der Waals surface area contributed by atoms with Gasteiger partial charge in [-0.25, -0.2) is 0 Å². The molecule has 0 aromatic carbocycles. The van der Waals surface area contributed by atoms with Gasteiger partial charge < -0.3 is 15.7 Å². The predicted molar refractivity (Wildman–Crippen MR) is 61.8 cm³/mol. The normalized spacial score (nSPS) is 25.1. The SMILES string of the molecule is CCCC1(O)CN(C(=O)CC(N)C2CC2)C1. The molecule has 3 N–H and O–H groups in total. The third kappa shape index (κ3) is 2.55. The molecule has 0 aromatic heterocycles. The Morgan fingerprint density at radius 3 is 2.69 bits per heavy atom. The Balaban J connectivity index is 1.72. The summed E-state index contributed by atoms with van der Waals surface area (Å²) in [7, 11) is 0. The predicted octanol–water partition coefficient (Wildman–Crippen LogP) is 0.487. The Morgan fingerprint density at radius 2 is 2.19 bits per heavy atom. The first-order valence-corrected chi connectivity index (χ1v) is 6.30. The minimum Gasteiger partial charge on any atom is -0.386 e. The number of nitrogens with zero attached hydrogens (tertiary/aromatic N) is 1. The molecule has 16 heavy (non-hydrogen) atoms. The third-order valence-electron chi connectivity index (χ3n) is 3.68. The maximum atomic E-state index is 11.8. The van der Waals surface area contributed by atoms with Gasteiger partial charge >= 0.3 is 0 Å². The van der Waals surface area contributed by atoms with Gasteiger partial charge in [0.2, 0.25) is 5.91 Å². The zero-order valence-electron chi connectivity index (χ0n) is 9.98. The van der Waals surface area contributed by atoms with Crippen molar-refractivity contribution in [2.45, 2.75) is 50.7 Å². The minimum absolute atomic E-state index is 0.0346. The molecule has 0 aromatic rings. The highest BCUT2D eigenvalue weighted by molar-refractivity contribution is 5.78. The Labute approximate surface area is 96.8 Å². The highest BCUT2D eigenvalue weighted by Gasteiger charge is 2.43. The molecule has 1 aliphatic carbocycles. The van der Waals surface area contributed by atoms with E-state index in [0.29, 0.717) is 25.4 Å². The molecular formula is C12H22N2O2. The first kappa shape index (κ1) is 11.9. The summed E-state index contributed by atoms with van der Waals surface area (Å²) in [5.74, 6) is 0.680. The van der Waals surface area contributed by atoms with Crippen LogP contribution < -0.4 is 5.73 Å². The van der Waals surface area contributed by atoms with Crippen LogP contribution in [0.3, 0.4) is 0 Å². The van der Waals surface area contributed by atoms with Crippen LogP contribution in [0.25, 0.3) is 0 Å². The Hall–Kier alpha value is -0.610. The van der Waals surface area contributed by atoms with Crippen LogP contribution in [-0.4, -0.2) is 40.6 Å². The van der Waals surface area contributed by atoms with Crippen molar-refractivity contribution in [3.8, 4) is 0 Å². The van der Waals surface area contributed by atoms with Gasteiger partial charge in [0.15, 0.2) is 0 Å². The Bertz CT molecular complexity index is 270. The van der Waals surface area contributed by atoms with Gasteiger partial charge in [-0.2, -0.15) is 0 Å². The molecule has 4 heteroatoms. The number of hydrogen-bond acceptors (Lipinski definition) is 3. The molecule has 1 unspecified atom stereocenters. The van der Waals surface area contributed by atoms with E-state index in [-0.39, 0.29) is 11.9 Å². The standard InChI is InChI=1S/C12H22N2O2/c1-2-5-12(16)7-14(8-12)11(15)6-10(13)9-3-4-9/h9-10,16H,2-8,13H2,1H3. The second-order valence-electron chi connectivity index (χ2n) is 5.43. The number of hydrogen-bond donors (Lipinski definition) is 2. The summed E-state index contributed by atoms with van der Waals surface area (Å²) in [5.41, 5.74) is 5.30. The van der Waals surface area contributed by atoms with Gasteiger partial charge in [-0.3, -0.25) is 4.79 Å². The van der Waals surface area contributed by atoms with E-state index in [1.165, 1.54) is 12.8 Å². The lowest BCUT2D eigenvalue weighted by atomic mass is 9.88. The lowest BCUT2D eigenvalue weighted by molar-refractivity contribution is -0.156. The van der Waals surface area contributed by atoms with Gasteiger partial charge in [0.25, 0.3) is 0 Å². The Morgan fingerprint density at radius 1 is 1.56 bits per heavy atom. The van der Waals surface area contributed by atoms with Crippen LogP contribution in [0.15, 0.2) is 0 Å². The lowest BCUT2D eigenvalue weighted by Gasteiger charge is -2.46. The fourth-order valence-corrected chi connectivity index (χ4v) is 2.49. The van der Waals surface area contributed by atoms with Gasteiger partial charge in [-0.05, 0) is 25.2 Å². The highest BCUT2D eigenvalue weighted by Crippen LogP contribution is 2.34. The average Bonchev–Trinajstić information content (AvgIpc) is 2.96. The molecule has 0 spiro atoms. The van der Waals surface area contributed by atoms with Crippen molar-refractivity contribution in [1.29, 1.82) is 0 Å². The van der Waals surface area contributed by atoms with Crippen molar-refractivity contribution in [3.05, 3.63) is 0 Å². The molecule has 0 bridgehead atoms. The van der Waals surface area contributed by atoms with Crippen LogP contribution in [0.5, 0.6) is 0 Å². The summed E-state index contributed by atoms with van der Waals surface area (Å²) in [5, 5.41) is 9.96. The molecule has 4 nitrogen and oxygen atoms in total. The van der Waals surface area contributed by atoms with Crippen LogP contribution in [0, 0.1) is 5.92 Å². The lowest BCUT2D eigenvalue weighted by Crippen LogP contribution is -2.63. The molecule has 0 radical (unpaired) electrons. The fraction of sp³-hybridized carbons (Fsp3) is 0.917. The maximum absolute atomic E-state index is 11.8. The molecule has 2 fully saturated rings. The van der Waals surface area contributed by atoms with Crippen LogP contribution in [-0.2, 0) is 4.79 Å². The van der Waals surface area contributed by atoms with Crippen molar-refractivity contribution in [1.82, 2.24) is 4.90 Å². The third-order valence-corrected chi connectivity index (χ3v) is 3.68. The summed E-state index contributed by atoms with van der Waals surface area (Å²) in [4.78, 5) is 13.5. The number of nitrogens with two attached hydrogens (primary N) is 1. The molecule has 92 valence electrons. The van der Waals surface area contributed by atoms with Crippen molar-refractivity contribution < 1.29 is 9.90 Å². The summed E-state index contributed by atoms with van der Waals surface area (Å²) < 4.78 is 0.